The van der Waals surface area contributed by atoms with Gasteiger partial charge in [-0.25, -0.2) is 0 Å². The van der Waals surface area contributed by atoms with Crippen molar-refractivity contribution in [1.29, 1.82) is 0 Å². The molecule has 2 aromatic rings. The molecule has 0 amide bonds. The molecule has 0 aromatic heterocycles. The van der Waals surface area contributed by atoms with Gasteiger partial charge in [0.1, 0.15) is 0 Å². The first-order valence-electron chi connectivity index (χ1n) is 6.12. The summed E-state index contributed by atoms with van der Waals surface area (Å²) in [6, 6.07) is 15.7. The lowest BCUT2D eigenvalue weighted by molar-refractivity contribution is 0.858. The van der Waals surface area contributed by atoms with Crippen molar-refractivity contribution < 1.29 is 0 Å². The van der Waals surface area contributed by atoms with Gasteiger partial charge >= 0.3 is 0 Å². The predicted octanol–water partition coefficient (Wildman–Crippen LogP) is 4.48. The van der Waals surface area contributed by atoms with Crippen molar-refractivity contribution in [2.24, 2.45) is 0 Å². The molecular weight excluding hydrogens is 235 g/mol. The smallest absolute Gasteiger partial charge is 0.0158 e. The Morgan fingerprint density at radius 1 is 0.944 bits per heavy atom. The van der Waals surface area contributed by atoms with E-state index in [2.05, 4.69) is 56.3 Å². The summed E-state index contributed by atoms with van der Waals surface area (Å²) in [5.41, 5.74) is 4.40. The molecule has 3 rings (SSSR count). The highest BCUT2D eigenvalue weighted by molar-refractivity contribution is 7.99. The molecule has 0 aliphatic carbocycles. The third kappa shape index (κ3) is 2.35. The molecule has 2 aromatic carbocycles. The van der Waals surface area contributed by atoms with E-state index in [0.717, 1.165) is 6.42 Å². The lowest BCUT2D eigenvalue weighted by atomic mass is 9.97. The Hall–Kier alpha value is -1.15. The first-order valence-corrected chi connectivity index (χ1v) is 6.94. The van der Waals surface area contributed by atoms with Crippen molar-refractivity contribution in [3.8, 4) is 0 Å². The summed E-state index contributed by atoms with van der Waals surface area (Å²) in [6.07, 6.45) is 1.08. The predicted molar refractivity (Wildman–Crippen MR) is 79.7 cm³/mol. The van der Waals surface area contributed by atoms with Crippen LogP contribution in [0.3, 0.4) is 0 Å². The van der Waals surface area contributed by atoms with Gasteiger partial charge in [-0.1, -0.05) is 55.9 Å². The van der Waals surface area contributed by atoms with Crippen LogP contribution in [0.25, 0.3) is 0 Å². The average Bonchev–Trinajstić information content (AvgIpc) is 2.35. The Bertz CT molecular complexity index is 561. The van der Waals surface area contributed by atoms with Crippen molar-refractivity contribution in [1.82, 2.24) is 0 Å². The van der Waals surface area contributed by atoms with E-state index in [9.17, 15) is 0 Å². The molecular formula is C16H16BS. The molecule has 2 heteroatoms. The average molecular weight is 251 g/mol. The third-order valence-corrected chi connectivity index (χ3v) is 4.56. The van der Waals surface area contributed by atoms with Crippen LogP contribution in [-0.4, -0.2) is 8.41 Å². The summed E-state index contributed by atoms with van der Waals surface area (Å²) < 4.78 is 0. The largest absolute Gasteiger partial charge is 0.0895 e. The Labute approximate surface area is 115 Å². The minimum absolute atomic E-state index is 0. The minimum atomic E-state index is 0. The summed E-state index contributed by atoms with van der Waals surface area (Å²) in [5.74, 6) is 0.613. The SMILES string of the molecule is CC(C)c1ccc2c(c1)Cc1ccccc1S2.[B]. The molecule has 1 heterocycles. The lowest BCUT2D eigenvalue weighted by Gasteiger charge is -2.20. The molecule has 1 aliphatic heterocycles. The van der Waals surface area contributed by atoms with E-state index in [-0.39, 0.29) is 8.41 Å². The van der Waals surface area contributed by atoms with Crippen LogP contribution in [0.15, 0.2) is 52.3 Å². The number of hydrogen-bond acceptors (Lipinski definition) is 1. The first-order chi connectivity index (χ1) is 8.24. The summed E-state index contributed by atoms with van der Waals surface area (Å²) in [4.78, 5) is 2.84. The molecule has 0 saturated heterocycles. The summed E-state index contributed by atoms with van der Waals surface area (Å²) in [7, 11) is 0. The molecule has 18 heavy (non-hydrogen) atoms. The standard InChI is InChI=1S/C16H16S.B/c1-11(2)12-7-8-16-14(9-12)10-13-5-3-4-6-15(13)17-16;/h3-9,11H,10H2,1-2H3;. The molecule has 0 N–H and O–H groups in total. The van der Waals surface area contributed by atoms with Crippen LogP contribution >= 0.6 is 11.8 Å². The summed E-state index contributed by atoms with van der Waals surface area (Å²) in [6.45, 7) is 4.51. The minimum Gasteiger partial charge on any atom is -0.0895 e. The number of rotatable bonds is 1. The second-order valence-electron chi connectivity index (χ2n) is 4.91. The van der Waals surface area contributed by atoms with Crippen LogP contribution in [0.1, 0.15) is 36.5 Å². The molecule has 0 saturated carbocycles. The maximum absolute atomic E-state index is 2.38. The molecule has 0 fully saturated rings. The quantitative estimate of drug-likeness (QED) is 0.574. The van der Waals surface area contributed by atoms with Gasteiger partial charge in [-0.3, -0.25) is 0 Å². The van der Waals surface area contributed by atoms with E-state index in [4.69, 9.17) is 0 Å². The number of hydrogen-bond donors (Lipinski definition) is 0. The van der Waals surface area contributed by atoms with Crippen molar-refractivity contribution in [2.75, 3.05) is 0 Å². The fraction of sp³-hybridized carbons (Fsp3) is 0.250. The third-order valence-electron chi connectivity index (χ3n) is 3.32. The molecule has 0 unspecified atom stereocenters. The molecule has 89 valence electrons. The van der Waals surface area contributed by atoms with Gasteiger partial charge in [0.05, 0.1) is 0 Å². The Morgan fingerprint density at radius 3 is 2.44 bits per heavy atom. The van der Waals surface area contributed by atoms with Gasteiger partial charge in [0.15, 0.2) is 0 Å². The first kappa shape index (κ1) is 13.3. The maximum Gasteiger partial charge on any atom is 0.0158 e. The topological polar surface area (TPSA) is 0 Å². The van der Waals surface area contributed by atoms with Gasteiger partial charge in [0.25, 0.3) is 0 Å². The van der Waals surface area contributed by atoms with E-state index >= 15 is 0 Å². The van der Waals surface area contributed by atoms with Crippen LogP contribution in [0.5, 0.6) is 0 Å². The van der Waals surface area contributed by atoms with Gasteiger partial charge in [0, 0.05) is 18.2 Å². The second-order valence-corrected chi connectivity index (χ2v) is 5.99. The summed E-state index contributed by atoms with van der Waals surface area (Å²) in [5, 5.41) is 0. The van der Waals surface area contributed by atoms with Crippen LogP contribution in [0, 0.1) is 0 Å². The van der Waals surface area contributed by atoms with Crippen molar-refractivity contribution in [3.05, 3.63) is 59.2 Å². The zero-order valence-electron chi connectivity index (χ0n) is 10.8. The van der Waals surface area contributed by atoms with Gasteiger partial charge in [-0.05, 0) is 41.2 Å². The zero-order chi connectivity index (χ0) is 11.8. The highest BCUT2D eigenvalue weighted by atomic mass is 32.2. The lowest BCUT2D eigenvalue weighted by Crippen LogP contribution is -2.00. The Balaban J connectivity index is 0.00000120. The van der Waals surface area contributed by atoms with Crippen LogP contribution < -0.4 is 0 Å². The van der Waals surface area contributed by atoms with E-state index in [1.165, 1.54) is 26.5 Å². The molecule has 1 aliphatic rings. The summed E-state index contributed by atoms with van der Waals surface area (Å²) >= 11 is 1.90. The highest BCUT2D eigenvalue weighted by Crippen LogP contribution is 2.40. The number of fused-ring (bicyclic) bond motifs is 2. The van der Waals surface area contributed by atoms with E-state index in [1.54, 1.807) is 0 Å². The van der Waals surface area contributed by atoms with E-state index < -0.39 is 0 Å². The second kappa shape index (κ2) is 5.23. The fourth-order valence-electron chi connectivity index (χ4n) is 2.27. The van der Waals surface area contributed by atoms with Crippen LogP contribution in [0.4, 0.5) is 0 Å². The van der Waals surface area contributed by atoms with Crippen molar-refractivity contribution in [3.63, 3.8) is 0 Å². The van der Waals surface area contributed by atoms with Crippen molar-refractivity contribution >= 4 is 20.2 Å². The molecule has 0 spiro atoms. The Kier molecular flexibility index (Phi) is 3.86. The molecule has 0 atom stereocenters. The van der Waals surface area contributed by atoms with Gasteiger partial charge in [-0.2, -0.15) is 0 Å². The van der Waals surface area contributed by atoms with E-state index in [0.29, 0.717) is 5.92 Å². The van der Waals surface area contributed by atoms with Gasteiger partial charge in [-0.15, -0.1) is 0 Å². The normalized spacial score (nSPS) is 12.6. The highest BCUT2D eigenvalue weighted by Gasteiger charge is 2.16. The molecule has 3 radical (unpaired) electrons. The fourth-order valence-corrected chi connectivity index (χ4v) is 3.32. The van der Waals surface area contributed by atoms with Gasteiger partial charge < -0.3 is 0 Å². The Morgan fingerprint density at radius 2 is 1.67 bits per heavy atom. The van der Waals surface area contributed by atoms with Crippen LogP contribution in [0.2, 0.25) is 0 Å². The number of benzene rings is 2. The van der Waals surface area contributed by atoms with Gasteiger partial charge in [0.2, 0.25) is 0 Å². The van der Waals surface area contributed by atoms with Crippen molar-refractivity contribution in [2.45, 2.75) is 36.0 Å². The van der Waals surface area contributed by atoms with E-state index in [1.807, 2.05) is 11.8 Å². The molecule has 0 bridgehead atoms. The maximum atomic E-state index is 2.38. The molecule has 0 nitrogen and oxygen atoms in total. The van der Waals surface area contributed by atoms with Crippen LogP contribution in [-0.2, 0) is 6.42 Å². The zero-order valence-corrected chi connectivity index (χ0v) is 11.6. The monoisotopic (exact) mass is 251 g/mol.